The van der Waals surface area contributed by atoms with Gasteiger partial charge >= 0.3 is 0 Å². The summed E-state index contributed by atoms with van der Waals surface area (Å²) in [5, 5.41) is 8.95. The molecule has 1 aliphatic heterocycles. The van der Waals surface area contributed by atoms with E-state index in [1.165, 1.54) is 0 Å². The molecule has 0 aliphatic carbocycles. The Hall–Kier alpha value is -1.95. The second-order valence-corrected chi connectivity index (χ2v) is 7.03. The first-order valence-corrected chi connectivity index (χ1v) is 8.26. The highest BCUT2D eigenvalue weighted by atomic mass is 16.1. The monoisotopic (exact) mass is 315 g/mol. The molecule has 0 amide bonds. The summed E-state index contributed by atoms with van der Waals surface area (Å²) in [7, 11) is 0. The lowest BCUT2D eigenvalue weighted by Crippen LogP contribution is -2.50. The van der Waals surface area contributed by atoms with E-state index >= 15 is 0 Å². The molecule has 3 rings (SSSR count). The van der Waals surface area contributed by atoms with Crippen molar-refractivity contribution in [2.75, 3.05) is 19.6 Å². The van der Waals surface area contributed by atoms with Gasteiger partial charge < -0.3 is 4.90 Å². The van der Waals surface area contributed by atoms with E-state index in [1.807, 2.05) is 19.9 Å². The van der Waals surface area contributed by atoms with Crippen LogP contribution in [0.4, 0.5) is 0 Å². The molecule has 3 heterocycles. The second-order valence-electron chi connectivity index (χ2n) is 7.03. The molecular formula is C17H25N5O. The van der Waals surface area contributed by atoms with Crippen LogP contribution in [-0.2, 0) is 6.54 Å². The molecule has 1 aliphatic rings. The molecule has 1 fully saturated rings. The topological polar surface area (TPSA) is 56.0 Å². The maximum Gasteiger partial charge on any atom is 0.266 e. The minimum atomic E-state index is -0.0439. The van der Waals surface area contributed by atoms with Gasteiger partial charge in [-0.15, -0.1) is 5.10 Å². The molecule has 0 aromatic carbocycles. The lowest BCUT2D eigenvalue weighted by atomic mass is 9.98. The van der Waals surface area contributed by atoms with Crippen molar-refractivity contribution in [3.05, 3.63) is 39.9 Å². The Labute approximate surface area is 136 Å². The summed E-state index contributed by atoms with van der Waals surface area (Å²) < 4.78 is 3.38. The van der Waals surface area contributed by atoms with Gasteiger partial charge in [-0.25, -0.2) is 9.36 Å². The van der Waals surface area contributed by atoms with Crippen LogP contribution >= 0.6 is 0 Å². The zero-order chi connectivity index (χ0) is 16.6. The van der Waals surface area contributed by atoms with Crippen molar-refractivity contribution in [1.82, 2.24) is 24.5 Å². The lowest BCUT2D eigenvalue weighted by Gasteiger charge is -2.40. The number of aryl methyl sites for hydroxylation is 2. The van der Waals surface area contributed by atoms with Crippen molar-refractivity contribution in [2.45, 2.75) is 34.2 Å². The zero-order valence-corrected chi connectivity index (χ0v) is 14.4. The van der Waals surface area contributed by atoms with Gasteiger partial charge in [0.15, 0.2) is 5.82 Å². The highest BCUT2D eigenvalue weighted by molar-refractivity contribution is 5.23. The molecular weight excluding hydrogens is 290 g/mol. The third kappa shape index (κ3) is 3.52. The van der Waals surface area contributed by atoms with Crippen molar-refractivity contribution in [3.63, 3.8) is 0 Å². The van der Waals surface area contributed by atoms with Gasteiger partial charge in [0.1, 0.15) is 0 Å². The van der Waals surface area contributed by atoms with Crippen LogP contribution in [0.5, 0.6) is 0 Å². The van der Waals surface area contributed by atoms with Crippen molar-refractivity contribution >= 4 is 0 Å². The van der Waals surface area contributed by atoms with Gasteiger partial charge in [-0.1, -0.05) is 13.8 Å². The Morgan fingerprint density at radius 3 is 2.57 bits per heavy atom. The summed E-state index contributed by atoms with van der Waals surface area (Å²) in [6, 6.07) is 5.33. The molecule has 23 heavy (non-hydrogen) atoms. The standard InChI is InChI=1S/C17H25N5O/c1-12(2)8-20-9-15(10-20)11-21-17(23)6-5-16(19-21)22-14(4)7-13(3)18-22/h5-7,12,15H,8-11H2,1-4H3. The summed E-state index contributed by atoms with van der Waals surface area (Å²) >= 11 is 0. The molecule has 1 saturated heterocycles. The predicted octanol–water partition coefficient (Wildman–Crippen LogP) is 1.63. The van der Waals surface area contributed by atoms with Gasteiger partial charge in [-0.2, -0.15) is 5.10 Å². The van der Waals surface area contributed by atoms with Crippen molar-refractivity contribution in [3.8, 4) is 5.82 Å². The van der Waals surface area contributed by atoms with Gasteiger partial charge in [-0.05, 0) is 31.9 Å². The predicted molar refractivity (Wildman–Crippen MR) is 89.9 cm³/mol. The number of rotatable bonds is 5. The molecule has 2 aromatic rings. The van der Waals surface area contributed by atoms with Crippen molar-refractivity contribution in [2.24, 2.45) is 11.8 Å². The van der Waals surface area contributed by atoms with Gasteiger partial charge in [0.25, 0.3) is 5.56 Å². The Kier molecular flexibility index (Phi) is 4.35. The minimum Gasteiger partial charge on any atom is -0.302 e. The highest BCUT2D eigenvalue weighted by Gasteiger charge is 2.27. The van der Waals surface area contributed by atoms with Crippen LogP contribution in [0, 0.1) is 25.7 Å². The number of hydrogen-bond donors (Lipinski definition) is 0. The zero-order valence-electron chi connectivity index (χ0n) is 14.4. The fourth-order valence-corrected chi connectivity index (χ4v) is 3.25. The maximum atomic E-state index is 12.1. The lowest BCUT2D eigenvalue weighted by molar-refractivity contribution is 0.0724. The molecule has 2 aromatic heterocycles. The third-order valence-corrected chi connectivity index (χ3v) is 4.17. The number of nitrogens with zero attached hydrogens (tertiary/aromatic N) is 5. The van der Waals surface area contributed by atoms with Crippen LogP contribution in [0.25, 0.3) is 5.82 Å². The van der Waals surface area contributed by atoms with E-state index in [9.17, 15) is 4.79 Å². The van der Waals surface area contributed by atoms with Crippen molar-refractivity contribution in [1.29, 1.82) is 0 Å². The SMILES string of the molecule is Cc1cc(C)n(-c2ccc(=O)n(CC3CN(CC(C)C)C3)n2)n1. The highest BCUT2D eigenvalue weighted by Crippen LogP contribution is 2.18. The average Bonchev–Trinajstić information content (AvgIpc) is 2.77. The molecule has 0 bridgehead atoms. The molecule has 6 heteroatoms. The molecule has 124 valence electrons. The summed E-state index contributed by atoms with van der Waals surface area (Å²) in [5.41, 5.74) is 1.93. The van der Waals surface area contributed by atoms with Crippen LogP contribution in [0.3, 0.4) is 0 Å². The Bertz CT molecular complexity index is 740. The molecule has 0 unspecified atom stereocenters. The largest absolute Gasteiger partial charge is 0.302 e. The summed E-state index contributed by atoms with van der Waals surface area (Å²) in [6.45, 7) is 12.3. The minimum absolute atomic E-state index is 0.0439. The summed E-state index contributed by atoms with van der Waals surface area (Å²) in [6.07, 6.45) is 0. The Balaban J connectivity index is 1.72. The fraction of sp³-hybridized carbons (Fsp3) is 0.588. The van der Waals surface area contributed by atoms with Crippen LogP contribution in [0.15, 0.2) is 23.0 Å². The Morgan fingerprint density at radius 1 is 1.22 bits per heavy atom. The summed E-state index contributed by atoms with van der Waals surface area (Å²) in [4.78, 5) is 14.5. The first kappa shape index (κ1) is 15.9. The molecule has 0 radical (unpaired) electrons. The molecule has 0 N–H and O–H groups in total. The average molecular weight is 315 g/mol. The van der Waals surface area contributed by atoms with E-state index in [1.54, 1.807) is 21.5 Å². The smallest absolute Gasteiger partial charge is 0.266 e. The number of hydrogen-bond acceptors (Lipinski definition) is 4. The van der Waals surface area contributed by atoms with E-state index in [-0.39, 0.29) is 5.56 Å². The molecule has 0 saturated carbocycles. The van der Waals surface area contributed by atoms with Gasteiger partial charge in [0.2, 0.25) is 0 Å². The van der Waals surface area contributed by atoms with Crippen LogP contribution in [0.1, 0.15) is 25.2 Å². The van der Waals surface area contributed by atoms with E-state index < -0.39 is 0 Å². The van der Waals surface area contributed by atoms with Gasteiger partial charge in [0, 0.05) is 37.3 Å². The number of aromatic nitrogens is 4. The van der Waals surface area contributed by atoms with Crippen LogP contribution < -0.4 is 5.56 Å². The second kappa shape index (κ2) is 6.28. The van der Waals surface area contributed by atoms with Crippen LogP contribution in [-0.4, -0.2) is 44.1 Å². The van der Waals surface area contributed by atoms with E-state index in [0.29, 0.717) is 24.2 Å². The molecule has 0 atom stereocenters. The van der Waals surface area contributed by atoms with Crippen molar-refractivity contribution < 1.29 is 0 Å². The Morgan fingerprint density at radius 2 is 1.96 bits per heavy atom. The first-order chi connectivity index (χ1) is 10.9. The first-order valence-electron chi connectivity index (χ1n) is 8.26. The van der Waals surface area contributed by atoms with E-state index in [2.05, 4.69) is 28.9 Å². The normalized spacial score (nSPS) is 16.0. The number of likely N-dealkylation sites (tertiary alicyclic amines) is 1. The third-order valence-electron chi connectivity index (χ3n) is 4.17. The van der Waals surface area contributed by atoms with Gasteiger partial charge in [0.05, 0.1) is 12.2 Å². The molecule has 0 spiro atoms. The van der Waals surface area contributed by atoms with E-state index in [0.717, 1.165) is 31.0 Å². The maximum absolute atomic E-state index is 12.1. The fourth-order valence-electron chi connectivity index (χ4n) is 3.25. The quantitative estimate of drug-likeness (QED) is 0.841. The van der Waals surface area contributed by atoms with Crippen LogP contribution in [0.2, 0.25) is 0 Å². The summed E-state index contributed by atoms with van der Waals surface area (Å²) in [5.74, 6) is 1.90. The van der Waals surface area contributed by atoms with E-state index in [4.69, 9.17) is 0 Å². The molecule has 6 nitrogen and oxygen atoms in total. The van der Waals surface area contributed by atoms with Gasteiger partial charge in [-0.3, -0.25) is 4.79 Å².